The first-order valence-electron chi connectivity index (χ1n) is 4.95. The lowest BCUT2D eigenvalue weighted by Gasteiger charge is -2.07. The Balaban J connectivity index is 2.47. The zero-order valence-electron chi connectivity index (χ0n) is 9.20. The van der Waals surface area contributed by atoms with Crippen molar-refractivity contribution in [1.82, 2.24) is 0 Å². The number of halogens is 1. The first-order chi connectivity index (χ1) is 7.27. The number of hydrogen-bond acceptors (Lipinski definition) is 2. The molecule has 0 spiro atoms. The molecular weight excluding hydrogens is 214 g/mol. The maximum Gasteiger partial charge on any atom is 0.222 e. The molecule has 1 aromatic rings. The summed E-state index contributed by atoms with van der Waals surface area (Å²) < 4.78 is 12.4. The van der Waals surface area contributed by atoms with E-state index < -0.39 is 0 Å². The summed E-state index contributed by atoms with van der Waals surface area (Å²) >= 11 is 5.70. The molecule has 0 aliphatic carbocycles. The molecule has 0 aliphatic heterocycles. The van der Waals surface area contributed by atoms with Crippen LogP contribution in [0.1, 0.15) is 12.0 Å². The van der Waals surface area contributed by atoms with Crippen LogP contribution < -0.4 is 9.30 Å². The molecule has 84 valence electrons. The second-order valence-electron chi connectivity index (χ2n) is 3.32. The maximum absolute atomic E-state index is 5.70. The van der Waals surface area contributed by atoms with Crippen LogP contribution in [0.2, 0.25) is 0 Å². The molecule has 3 nitrogen and oxygen atoms in total. The van der Waals surface area contributed by atoms with E-state index in [1.165, 1.54) is 0 Å². The zero-order chi connectivity index (χ0) is 11.1. The Morgan fingerprint density at radius 3 is 2.80 bits per heavy atom. The lowest BCUT2D eigenvalue weighted by molar-refractivity contribution is -0.678. The minimum absolute atomic E-state index is 0.463. The topological polar surface area (TPSA) is 22.3 Å². The van der Waals surface area contributed by atoms with Gasteiger partial charge in [0.2, 0.25) is 6.00 Å². The largest absolute Gasteiger partial charge is 0.493 e. The van der Waals surface area contributed by atoms with Crippen molar-refractivity contribution in [2.45, 2.75) is 19.3 Å². The van der Waals surface area contributed by atoms with Crippen LogP contribution in [0, 0.1) is 6.92 Å². The van der Waals surface area contributed by atoms with Gasteiger partial charge in [0.1, 0.15) is 5.75 Å². The van der Waals surface area contributed by atoms with Crippen LogP contribution in [0.15, 0.2) is 18.5 Å². The summed E-state index contributed by atoms with van der Waals surface area (Å²) in [5, 5.41) is 0. The molecule has 0 atom stereocenters. The van der Waals surface area contributed by atoms with Crippen LogP contribution in [0.3, 0.4) is 0 Å². The summed E-state index contributed by atoms with van der Waals surface area (Å²) in [7, 11) is 1.69. The second kappa shape index (κ2) is 6.64. The van der Waals surface area contributed by atoms with E-state index in [-0.39, 0.29) is 0 Å². The Morgan fingerprint density at radius 1 is 1.40 bits per heavy atom. The van der Waals surface area contributed by atoms with Crippen molar-refractivity contribution in [2.75, 3.05) is 20.3 Å². The van der Waals surface area contributed by atoms with Crippen molar-refractivity contribution in [3.63, 3.8) is 0 Å². The van der Waals surface area contributed by atoms with E-state index in [0.717, 1.165) is 24.3 Å². The molecule has 0 N–H and O–H groups in total. The van der Waals surface area contributed by atoms with Crippen LogP contribution in [0.5, 0.6) is 5.75 Å². The van der Waals surface area contributed by atoms with E-state index in [0.29, 0.717) is 12.6 Å². The lowest BCUT2D eigenvalue weighted by atomic mass is 10.3. The molecule has 0 amide bonds. The summed E-state index contributed by atoms with van der Waals surface area (Å²) in [6, 6.07) is 2.40. The lowest BCUT2D eigenvalue weighted by Crippen LogP contribution is -2.30. The predicted octanol–water partition coefficient (Wildman–Crippen LogP) is 1.89. The minimum atomic E-state index is 0.463. The number of rotatable bonds is 6. The zero-order valence-corrected chi connectivity index (χ0v) is 9.96. The molecule has 0 unspecified atom stereocenters. The molecule has 0 saturated heterocycles. The van der Waals surface area contributed by atoms with E-state index in [1.807, 2.05) is 30.0 Å². The molecule has 0 aromatic carbocycles. The van der Waals surface area contributed by atoms with Crippen LogP contribution in [-0.4, -0.2) is 20.3 Å². The molecule has 1 rings (SSSR count). The smallest absolute Gasteiger partial charge is 0.222 e. The normalized spacial score (nSPS) is 10.3. The number of methoxy groups -OCH3 is 1. The van der Waals surface area contributed by atoms with E-state index in [4.69, 9.17) is 21.1 Å². The van der Waals surface area contributed by atoms with Gasteiger partial charge in [-0.15, -0.1) is 0 Å². The highest BCUT2D eigenvalue weighted by Gasteiger charge is 2.05. The van der Waals surface area contributed by atoms with Crippen molar-refractivity contribution in [2.24, 2.45) is 0 Å². The summed E-state index contributed by atoms with van der Waals surface area (Å²) in [5.41, 5.74) is 1.09. The number of hydrogen-bond donors (Lipinski definition) is 0. The van der Waals surface area contributed by atoms with Gasteiger partial charge in [-0.3, -0.25) is 0 Å². The van der Waals surface area contributed by atoms with Gasteiger partial charge in [-0.25, -0.2) is 0 Å². The number of aryl methyl sites for hydroxylation is 1. The molecule has 4 heteroatoms. The Morgan fingerprint density at radius 2 is 2.20 bits per heavy atom. The number of pyridine rings is 1. The van der Waals surface area contributed by atoms with Crippen molar-refractivity contribution < 1.29 is 14.0 Å². The summed E-state index contributed by atoms with van der Waals surface area (Å²) in [5.74, 6) is 0.910. The molecule has 1 aromatic heterocycles. The third-order valence-electron chi connectivity index (χ3n) is 2.05. The number of ether oxygens (including phenoxy) is 2. The standard InChI is InChI=1S/C11H17ClNO2/c1-10-8-13(9-12)5-4-11(10)15-7-3-6-14-2/h4-5,8H,3,6-7,9H2,1-2H3/q+1. The summed E-state index contributed by atoms with van der Waals surface area (Å²) in [6.45, 7) is 3.42. The molecule has 0 aliphatic rings. The van der Waals surface area contributed by atoms with E-state index in [9.17, 15) is 0 Å². The van der Waals surface area contributed by atoms with Gasteiger partial charge in [0.15, 0.2) is 12.4 Å². The van der Waals surface area contributed by atoms with Gasteiger partial charge in [0.05, 0.1) is 12.2 Å². The average Bonchev–Trinajstić information content (AvgIpc) is 2.26. The summed E-state index contributed by atoms with van der Waals surface area (Å²) in [4.78, 5) is 0. The van der Waals surface area contributed by atoms with Gasteiger partial charge in [-0.1, -0.05) is 11.6 Å². The van der Waals surface area contributed by atoms with Gasteiger partial charge in [0.25, 0.3) is 0 Å². The van der Waals surface area contributed by atoms with Crippen molar-refractivity contribution in [1.29, 1.82) is 0 Å². The van der Waals surface area contributed by atoms with Gasteiger partial charge in [-0.2, -0.15) is 4.57 Å². The highest BCUT2D eigenvalue weighted by atomic mass is 35.5. The van der Waals surface area contributed by atoms with Gasteiger partial charge >= 0.3 is 0 Å². The van der Waals surface area contributed by atoms with E-state index >= 15 is 0 Å². The van der Waals surface area contributed by atoms with Gasteiger partial charge in [-0.05, 0) is 6.92 Å². The third kappa shape index (κ3) is 4.06. The van der Waals surface area contributed by atoms with Crippen LogP contribution in [-0.2, 0) is 10.7 Å². The number of nitrogens with zero attached hydrogens (tertiary/aromatic N) is 1. The van der Waals surface area contributed by atoms with Gasteiger partial charge < -0.3 is 9.47 Å². The second-order valence-corrected chi connectivity index (χ2v) is 3.56. The monoisotopic (exact) mass is 230 g/mol. The fourth-order valence-electron chi connectivity index (χ4n) is 1.27. The Hall–Kier alpha value is -0.800. The number of aromatic nitrogens is 1. The maximum atomic E-state index is 5.70. The quantitative estimate of drug-likeness (QED) is 0.423. The molecule has 15 heavy (non-hydrogen) atoms. The molecule has 0 saturated carbocycles. The molecule has 0 fully saturated rings. The first-order valence-corrected chi connectivity index (χ1v) is 5.48. The van der Waals surface area contributed by atoms with Gasteiger partial charge in [0, 0.05) is 26.2 Å². The average molecular weight is 231 g/mol. The van der Waals surface area contributed by atoms with Crippen molar-refractivity contribution >= 4 is 11.6 Å². The van der Waals surface area contributed by atoms with Crippen LogP contribution in [0.25, 0.3) is 0 Å². The van der Waals surface area contributed by atoms with Crippen molar-refractivity contribution in [3.8, 4) is 5.75 Å². The Bertz CT molecular complexity index is 305. The van der Waals surface area contributed by atoms with Crippen LogP contribution in [0.4, 0.5) is 0 Å². The first kappa shape index (κ1) is 12.3. The SMILES string of the molecule is COCCCOc1cc[n+](CCl)cc1C. The molecule has 0 radical (unpaired) electrons. The van der Waals surface area contributed by atoms with Crippen molar-refractivity contribution in [3.05, 3.63) is 24.0 Å². The molecule has 1 heterocycles. The fourth-order valence-corrected chi connectivity index (χ4v) is 1.42. The van der Waals surface area contributed by atoms with E-state index in [2.05, 4.69) is 0 Å². The third-order valence-corrected chi connectivity index (χ3v) is 2.33. The van der Waals surface area contributed by atoms with Crippen LogP contribution >= 0.6 is 11.6 Å². The minimum Gasteiger partial charge on any atom is -0.493 e. The number of alkyl halides is 1. The summed E-state index contributed by atoms with van der Waals surface area (Å²) in [6.07, 6.45) is 4.78. The Labute approximate surface area is 95.6 Å². The Kier molecular flexibility index (Phi) is 5.43. The van der Waals surface area contributed by atoms with E-state index in [1.54, 1.807) is 7.11 Å². The molecule has 0 bridgehead atoms. The predicted molar refractivity (Wildman–Crippen MR) is 59.2 cm³/mol. The fraction of sp³-hybridized carbons (Fsp3) is 0.545. The highest BCUT2D eigenvalue weighted by molar-refractivity contribution is 6.14. The highest BCUT2D eigenvalue weighted by Crippen LogP contribution is 2.14. The molecular formula is C11H17ClNO2+.